The second kappa shape index (κ2) is 6.67. The van der Waals surface area contributed by atoms with E-state index in [1.165, 1.54) is 11.1 Å². The highest BCUT2D eigenvalue weighted by atomic mass is 35.5. The van der Waals surface area contributed by atoms with Gasteiger partial charge in [-0.15, -0.1) is 0 Å². The first-order valence-corrected chi connectivity index (χ1v) is 7.14. The minimum Gasteiger partial charge on any atom is -0.492 e. The molecule has 3 heteroatoms. The third kappa shape index (κ3) is 3.91. The summed E-state index contributed by atoms with van der Waals surface area (Å²) >= 11 is 5.98. The van der Waals surface area contributed by atoms with Gasteiger partial charge in [-0.3, -0.25) is 0 Å². The summed E-state index contributed by atoms with van der Waals surface area (Å²) in [6.45, 7) is 7.57. The van der Waals surface area contributed by atoms with Gasteiger partial charge in [0.1, 0.15) is 12.4 Å². The van der Waals surface area contributed by atoms with Crippen LogP contribution in [0.3, 0.4) is 0 Å². The quantitative estimate of drug-likeness (QED) is 0.802. The Hall–Kier alpha value is -1.67. The number of halogens is 1. The summed E-state index contributed by atoms with van der Waals surface area (Å²) in [5, 5.41) is 4.15. The number of nitrogens with one attached hydrogen (secondary N) is 1. The second-order valence-electron chi connectivity index (χ2n) is 5.00. The van der Waals surface area contributed by atoms with Gasteiger partial charge in [-0.2, -0.15) is 0 Å². The van der Waals surface area contributed by atoms with Crippen molar-refractivity contribution < 1.29 is 4.74 Å². The van der Waals surface area contributed by atoms with E-state index in [4.69, 9.17) is 16.3 Å². The van der Waals surface area contributed by atoms with Gasteiger partial charge < -0.3 is 10.1 Å². The molecular formula is C17H20ClNO. The van der Waals surface area contributed by atoms with Gasteiger partial charge in [0.15, 0.2) is 0 Å². The second-order valence-corrected chi connectivity index (χ2v) is 5.41. The topological polar surface area (TPSA) is 21.3 Å². The average molecular weight is 290 g/mol. The molecule has 0 amide bonds. The number of hydrogen-bond acceptors (Lipinski definition) is 2. The fraction of sp³-hybridized carbons (Fsp3) is 0.294. The molecule has 0 aromatic heterocycles. The van der Waals surface area contributed by atoms with Crippen LogP contribution in [0, 0.1) is 20.8 Å². The van der Waals surface area contributed by atoms with Gasteiger partial charge in [-0.25, -0.2) is 0 Å². The van der Waals surface area contributed by atoms with Gasteiger partial charge in [0, 0.05) is 17.3 Å². The Labute approximate surface area is 125 Å². The Morgan fingerprint density at radius 2 is 1.80 bits per heavy atom. The van der Waals surface area contributed by atoms with Gasteiger partial charge in [0.2, 0.25) is 0 Å². The van der Waals surface area contributed by atoms with Crippen molar-refractivity contribution in [2.75, 3.05) is 18.5 Å². The monoisotopic (exact) mass is 289 g/mol. The lowest BCUT2D eigenvalue weighted by atomic mass is 10.1. The number of benzene rings is 2. The van der Waals surface area contributed by atoms with E-state index in [0.29, 0.717) is 6.61 Å². The van der Waals surface area contributed by atoms with E-state index in [9.17, 15) is 0 Å². The fourth-order valence-electron chi connectivity index (χ4n) is 2.07. The molecule has 0 spiro atoms. The zero-order valence-corrected chi connectivity index (χ0v) is 12.9. The molecular weight excluding hydrogens is 270 g/mol. The third-order valence-electron chi connectivity index (χ3n) is 3.20. The maximum absolute atomic E-state index is 5.98. The molecule has 1 N–H and O–H groups in total. The lowest BCUT2D eigenvalue weighted by Gasteiger charge is -2.11. The minimum atomic E-state index is 0.619. The summed E-state index contributed by atoms with van der Waals surface area (Å²) in [7, 11) is 0. The first-order valence-electron chi connectivity index (χ1n) is 6.76. The number of rotatable bonds is 5. The summed E-state index contributed by atoms with van der Waals surface area (Å²) < 4.78 is 5.71. The van der Waals surface area contributed by atoms with E-state index >= 15 is 0 Å². The summed E-state index contributed by atoms with van der Waals surface area (Å²) in [5.74, 6) is 0.856. The molecule has 2 aromatic rings. The summed E-state index contributed by atoms with van der Waals surface area (Å²) in [5.41, 5.74) is 4.73. The van der Waals surface area contributed by atoms with Crippen LogP contribution in [-0.4, -0.2) is 13.2 Å². The SMILES string of the molecule is Cc1ccc(NCCOc2ccc(Cl)c(C)c2)c(C)c1. The molecule has 0 fully saturated rings. The first kappa shape index (κ1) is 14.7. The number of hydrogen-bond donors (Lipinski definition) is 1. The van der Waals surface area contributed by atoms with Crippen LogP contribution in [0.2, 0.25) is 5.02 Å². The summed E-state index contributed by atoms with van der Waals surface area (Å²) in [6.07, 6.45) is 0. The van der Waals surface area contributed by atoms with Crippen molar-refractivity contribution in [2.45, 2.75) is 20.8 Å². The van der Waals surface area contributed by atoms with E-state index < -0.39 is 0 Å². The first-order chi connectivity index (χ1) is 9.56. The molecule has 20 heavy (non-hydrogen) atoms. The Morgan fingerprint density at radius 1 is 1.00 bits per heavy atom. The van der Waals surface area contributed by atoms with Crippen molar-refractivity contribution in [3.8, 4) is 5.75 Å². The van der Waals surface area contributed by atoms with Crippen molar-refractivity contribution in [3.63, 3.8) is 0 Å². The highest BCUT2D eigenvalue weighted by Gasteiger charge is 2.00. The zero-order valence-electron chi connectivity index (χ0n) is 12.2. The highest BCUT2D eigenvalue weighted by Crippen LogP contribution is 2.21. The Bertz CT molecular complexity index is 596. The third-order valence-corrected chi connectivity index (χ3v) is 3.62. The van der Waals surface area contributed by atoms with E-state index in [1.54, 1.807) is 0 Å². The minimum absolute atomic E-state index is 0.619. The van der Waals surface area contributed by atoms with Gasteiger partial charge in [0.25, 0.3) is 0 Å². The molecule has 2 nitrogen and oxygen atoms in total. The molecule has 0 atom stereocenters. The molecule has 0 bridgehead atoms. The standard InChI is InChI=1S/C17H20ClNO/c1-12-4-7-17(14(3)10-12)19-8-9-20-15-5-6-16(18)13(2)11-15/h4-7,10-11,19H,8-9H2,1-3H3. The molecule has 0 aliphatic carbocycles. The molecule has 2 rings (SSSR count). The van der Waals surface area contributed by atoms with Crippen LogP contribution >= 0.6 is 11.6 Å². The van der Waals surface area contributed by atoms with Gasteiger partial charge in [0.05, 0.1) is 0 Å². The van der Waals surface area contributed by atoms with Crippen molar-refractivity contribution in [1.29, 1.82) is 0 Å². The van der Waals surface area contributed by atoms with E-state index in [2.05, 4.69) is 37.4 Å². The lowest BCUT2D eigenvalue weighted by Crippen LogP contribution is -2.12. The van der Waals surface area contributed by atoms with Crippen molar-refractivity contribution >= 4 is 17.3 Å². The molecule has 2 aromatic carbocycles. The van der Waals surface area contributed by atoms with Crippen LogP contribution < -0.4 is 10.1 Å². The van der Waals surface area contributed by atoms with Crippen molar-refractivity contribution in [2.24, 2.45) is 0 Å². The van der Waals surface area contributed by atoms with E-state index in [-0.39, 0.29) is 0 Å². The maximum Gasteiger partial charge on any atom is 0.119 e. The van der Waals surface area contributed by atoms with Crippen LogP contribution in [-0.2, 0) is 0 Å². The summed E-state index contributed by atoms with van der Waals surface area (Å²) in [6, 6.07) is 12.1. The number of anilines is 1. The maximum atomic E-state index is 5.98. The predicted octanol–water partition coefficient (Wildman–Crippen LogP) is 4.76. The Balaban J connectivity index is 1.82. The largest absolute Gasteiger partial charge is 0.492 e. The average Bonchev–Trinajstić information content (AvgIpc) is 2.40. The normalized spacial score (nSPS) is 10.4. The van der Waals surface area contributed by atoms with Crippen LogP contribution in [0.4, 0.5) is 5.69 Å². The fourth-order valence-corrected chi connectivity index (χ4v) is 2.19. The Kier molecular flexibility index (Phi) is 4.91. The lowest BCUT2D eigenvalue weighted by molar-refractivity contribution is 0.332. The van der Waals surface area contributed by atoms with Gasteiger partial charge in [-0.05, 0) is 56.2 Å². The zero-order chi connectivity index (χ0) is 14.5. The molecule has 0 unspecified atom stereocenters. The van der Waals surface area contributed by atoms with Crippen molar-refractivity contribution in [3.05, 3.63) is 58.1 Å². The number of aryl methyl sites for hydroxylation is 3. The van der Waals surface area contributed by atoms with Crippen LogP contribution in [0.25, 0.3) is 0 Å². The molecule has 0 heterocycles. The van der Waals surface area contributed by atoms with Crippen LogP contribution in [0.5, 0.6) is 5.75 Å². The van der Waals surface area contributed by atoms with E-state index in [1.807, 2.05) is 25.1 Å². The molecule has 0 aliphatic rings. The molecule has 0 saturated carbocycles. The van der Waals surface area contributed by atoms with Crippen molar-refractivity contribution in [1.82, 2.24) is 0 Å². The Morgan fingerprint density at radius 3 is 2.50 bits per heavy atom. The van der Waals surface area contributed by atoms with Gasteiger partial charge >= 0.3 is 0 Å². The van der Waals surface area contributed by atoms with E-state index in [0.717, 1.165) is 28.6 Å². The van der Waals surface area contributed by atoms with Crippen LogP contribution in [0.15, 0.2) is 36.4 Å². The number of ether oxygens (including phenoxy) is 1. The molecule has 0 radical (unpaired) electrons. The highest BCUT2D eigenvalue weighted by molar-refractivity contribution is 6.31. The summed E-state index contributed by atoms with van der Waals surface area (Å²) in [4.78, 5) is 0. The smallest absolute Gasteiger partial charge is 0.119 e. The van der Waals surface area contributed by atoms with Gasteiger partial charge in [-0.1, -0.05) is 29.3 Å². The molecule has 0 saturated heterocycles. The molecule has 106 valence electrons. The van der Waals surface area contributed by atoms with Crippen LogP contribution in [0.1, 0.15) is 16.7 Å². The molecule has 0 aliphatic heterocycles. The predicted molar refractivity (Wildman–Crippen MR) is 86.1 cm³/mol.